The van der Waals surface area contributed by atoms with Crippen LogP contribution in [-0.2, 0) is 0 Å². The van der Waals surface area contributed by atoms with Gasteiger partial charge in [-0.15, -0.1) is 11.7 Å². The van der Waals surface area contributed by atoms with E-state index in [1.54, 1.807) is 6.08 Å². The second kappa shape index (κ2) is 6.29. The number of aromatic nitrogens is 3. The van der Waals surface area contributed by atoms with E-state index in [2.05, 4.69) is 16.8 Å². The van der Waals surface area contributed by atoms with Gasteiger partial charge in [-0.05, 0) is 31.2 Å². The molecule has 0 saturated heterocycles. The van der Waals surface area contributed by atoms with E-state index in [4.69, 9.17) is 4.74 Å². The smallest absolute Gasteiger partial charge is 0.348 e. The van der Waals surface area contributed by atoms with E-state index in [0.29, 0.717) is 17.5 Å². The van der Waals surface area contributed by atoms with Crippen LogP contribution in [-0.4, -0.2) is 27.1 Å². The zero-order valence-corrected chi connectivity index (χ0v) is 11.4. The Hall–Kier alpha value is -1.95. The molecule has 2 aromatic rings. The highest BCUT2D eigenvalue weighted by Crippen LogP contribution is 2.19. The summed E-state index contributed by atoms with van der Waals surface area (Å²) in [6, 6.07) is 7.33. The highest BCUT2D eigenvalue weighted by Gasteiger charge is 2.10. The number of rotatable bonds is 6. The molecule has 2 rings (SSSR count). The maximum atomic E-state index is 11.8. The maximum absolute atomic E-state index is 11.8. The maximum Gasteiger partial charge on any atom is 0.348 e. The Balaban J connectivity index is 2.32. The molecular weight excluding hydrogens is 262 g/mol. The summed E-state index contributed by atoms with van der Waals surface area (Å²) >= 11 is 1.45. The van der Waals surface area contributed by atoms with Crippen LogP contribution in [0.25, 0.3) is 5.69 Å². The van der Waals surface area contributed by atoms with Gasteiger partial charge in [-0.3, -0.25) is 0 Å². The second-order valence-corrected chi connectivity index (χ2v) is 4.66. The predicted octanol–water partition coefficient (Wildman–Crippen LogP) is 2.24. The van der Waals surface area contributed by atoms with Crippen LogP contribution in [0.2, 0.25) is 0 Å². The molecule has 0 aliphatic heterocycles. The minimum atomic E-state index is -0.254. The summed E-state index contributed by atoms with van der Waals surface area (Å²) in [5.41, 5.74) is 0.504. The zero-order valence-electron chi connectivity index (χ0n) is 10.6. The van der Waals surface area contributed by atoms with Gasteiger partial charge < -0.3 is 4.74 Å². The van der Waals surface area contributed by atoms with Crippen molar-refractivity contribution in [1.82, 2.24) is 14.8 Å². The number of ether oxygens (including phenoxy) is 1. The Bertz CT molecular complexity index is 601. The summed E-state index contributed by atoms with van der Waals surface area (Å²) in [4.78, 5) is 11.8. The molecule has 1 aromatic heterocycles. The first-order valence-electron chi connectivity index (χ1n) is 5.90. The van der Waals surface area contributed by atoms with E-state index in [0.717, 1.165) is 11.4 Å². The molecule has 1 N–H and O–H groups in total. The van der Waals surface area contributed by atoms with Crippen molar-refractivity contribution in [2.75, 3.05) is 12.4 Å². The lowest BCUT2D eigenvalue weighted by molar-refractivity contribution is 0.340. The molecule has 0 radical (unpaired) electrons. The summed E-state index contributed by atoms with van der Waals surface area (Å²) in [5, 5.41) is 7.07. The molecule has 0 unspecified atom stereocenters. The average Bonchev–Trinajstić information content (AvgIpc) is 2.79. The fourth-order valence-electron chi connectivity index (χ4n) is 1.60. The Labute approximate surface area is 115 Å². The van der Waals surface area contributed by atoms with E-state index >= 15 is 0 Å². The van der Waals surface area contributed by atoms with Crippen LogP contribution >= 0.6 is 11.8 Å². The Kier molecular flexibility index (Phi) is 4.46. The predicted molar refractivity (Wildman–Crippen MR) is 76.3 cm³/mol. The second-order valence-electron chi connectivity index (χ2n) is 3.67. The van der Waals surface area contributed by atoms with Gasteiger partial charge in [0.1, 0.15) is 5.75 Å². The van der Waals surface area contributed by atoms with E-state index in [9.17, 15) is 4.79 Å². The van der Waals surface area contributed by atoms with Crippen molar-refractivity contribution < 1.29 is 4.74 Å². The molecule has 0 aliphatic rings. The SMILES string of the molecule is C=CCSc1n[nH]c(=O)n1-c1ccc(OCC)cc1. The minimum Gasteiger partial charge on any atom is -0.494 e. The quantitative estimate of drug-likeness (QED) is 0.650. The number of thioether (sulfide) groups is 1. The number of hydrogen-bond donors (Lipinski definition) is 1. The number of H-pyrrole nitrogens is 1. The minimum absolute atomic E-state index is 0.254. The molecular formula is C13H15N3O2S. The summed E-state index contributed by atoms with van der Waals surface area (Å²) in [7, 11) is 0. The van der Waals surface area contributed by atoms with Gasteiger partial charge >= 0.3 is 5.69 Å². The van der Waals surface area contributed by atoms with Crippen LogP contribution in [0.1, 0.15) is 6.92 Å². The molecule has 1 aromatic carbocycles. The van der Waals surface area contributed by atoms with Crippen LogP contribution < -0.4 is 10.4 Å². The highest BCUT2D eigenvalue weighted by molar-refractivity contribution is 7.99. The average molecular weight is 277 g/mol. The molecule has 0 fully saturated rings. The highest BCUT2D eigenvalue weighted by atomic mass is 32.2. The first-order valence-corrected chi connectivity index (χ1v) is 6.89. The summed E-state index contributed by atoms with van der Waals surface area (Å²) < 4.78 is 6.91. The summed E-state index contributed by atoms with van der Waals surface area (Å²) in [6.45, 7) is 6.20. The Morgan fingerprint density at radius 3 is 2.84 bits per heavy atom. The monoisotopic (exact) mass is 277 g/mol. The van der Waals surface area contributed by atoms with Crippen molar-refractivity contribution in [1.29, 1.82) is 0 Å². The van der Waals surface area contributed by atoms with Gasteiger partial charge in [-0.25, -0.2) is 14.5 Å². The molecule has 19 heavy (non-hydrogen) atoms. The van der Waals surface area contributed by atoms with Crippen molar-refractivity contribution >= 4 is 11.8 Å². The number of hydrogen-bond acceptors (Lipinski definition) is 4. The van der Waals surface area contributed by atoms with Gasteiger partial charge in [0.25, 0.3) is 0 Å². The molecule has 0 amide bonds. The number of benzene rings is 1. The summed E-state index contributed by atoms with van der Waals surface area (Å²) in [6.07, 6.45) is 1.77. The van der Waals surface area contributed by atoms with Crippen LogP contribution in [0.3, 0.4) is 0 Å². The van der Waals surface area contributed by atoms with Crippen molar-refractivity contribution in [3.05, 3.63) is 47.4 Å². The summed E-state index contributed by atoms with van der Waals surface area (Å²) in [5.74, 6) is 1.48. The van der Waals surface area contributed by atoms with Gasteiger partial charge in [0.05, 0.1) is 12.3 Å². The van der Waals surface area contributed by atoms with E-state index in [1.165, 1.54) is 16.3 Å². The fourth-order valence-corrected chi connectivity index (χ4v) is 2.29. The van der Waals surface area contributed by atoms with Gasteiger partial charge in [0.2, 0.25) is 0 Å². The van der Waals surface area contributed by atoms with Crippen LogP contribution in [0.5, 0.6) is 5.75 Å². The van der Waals surface area contributed by atoms with E-state index < -0.39 is 0 Å². The first kappa shape index (κ1) is 13.5. The Morgan fingerprint density at radius 1 is 1.47 bits per heavy atom. The van der Waals surface area contributed by atoms with Gasteiger partial charge in [0.15, 0.2) is 5.16 Å². The third-order valence-electron chi connectivity index (χ3n) is 2.38. The molecule has 100 valence electrons. The molecule has 0 atom stereocenters. The van der Waals surface area contributed by atoms with Crippen molar-refractivity contribution in [2.24, 2.45) is 0 Å². The molecule has 0 saturated carbocycles. The molecule has 0 spiro atoms. The fraction of sp³-hybridized carbons (Fsp3) is 0.231. The van der Waals surface area contributed by atoms with Gasteiger partial charge in [-0.2, -0.15) is 0 Å². The zero-order chi connectivity index (χ0) is 13.7. The van der Waals surface area contributed by atoms with E-state index in [-0.39, 0.29) is 5.69 Å². The number of nitrogens with one attached hydrogen (secondary N) is 1. The lowest BCUT2D eigenvalue weighted by Crippen LogP contribution is -2.15. The Morgan fingerprint density at radius 2 is 2.21 bits per heavy atom. The van der Waals surface area contributed by atoms with E-state index in [1.807, 2.05) is 31.2 Å². The molecule has 0 aliphatic carbocycles. The lowest BCUT2D eigenvalue weighted by atomic mass is 10.3. The molecule has 5 nitrogen and oxygen atoms in total. The van der Waals surface area contributed by atoms with Crippen molar-refractivity contribution in [3.63, 3.8) is 0 Å². The van der Waals surface area contributed by atoms with Crippen LogP contribution in [0, 0.1) is 0 Å². The largest absolute Gasteiger partial charge is 0.494 e. The third-order valence-corrected chi connectivity index (χ3v) is 3.31. The number of nitrogens with zero attached hydrogens (tertiary/aromatic N) is 2. The van der Waals surface area contributed by atoms with Crippen molar-refractivity contribution in [3.8, 4) is 11.4 Å². The molecule has 0 bridgehead atoms. The van der Waals surface area contributed by atoms with Gasteiger partial charge in [-0.1, -0.05) is 17.8 Å². The van der Waals surface area contributed by atoms with Crippen molar-refractivity contribution in [2.45, 2.75) is 12.1 Å². The van der Waals surface area contributed by atoms with Crippen LogP contribution in [0.4, 0.5) is 0 Å². The van der Waals surface area contributed by atoms with Crippen LogP contribution in [0.15, 0.2) is 46.9 Å². The molecule has 1 heterocycles. The normalized spacial score (nSPS) is 10.4. The number of aromatic amines is 1. The first-order chi connectivity index (χ1) is 9.26. The topological polar surface area (TPSA) is 59.9 Å². The standard InChI is InChI=1S/C13H15N3O2S/c1-3-9-19-13-15-14-12(17)16(13)10-5-7-11(8-6-10)18-4-2/h3,5-8H,1,4,9H2,2H3,(H,14,17). The third kappa shape index (κ3) is 3.08. The molecule has 6 heteroatoms. The lowest BCUT2D eigenvalue weighted by Gasteiger charge is -2.06. The van der Waals surface area contributed by atoms with Gasteiger partial charge in [0, 0.05) is 5.75 Å².